The zero-order chi connectivity index (χ0) is 12.4. The minimum atomic E-state index is -3.44. The maximum atomic E-state index is 11.8. The van der Waals surface area contributed by atoms with Gasteiger partial charge >= 0.3 is 0 Å². The van der Waals surface area contributed by atoms with Crippen LogP contribution in [0.4, 0.5) is 0 Å². The van der Waals surface area contributed by atoms with Crippen LogP contribution in [0.25, 0.3) is 0 Å². The molecular formula is C11H18N2O2S. The fourth-order valence-electron chi connectivity index (χ4n) is 1.08. The van der Waals surface area contributed by atoms with E-state index in [0.717, 1.165) is 5.56 Å². The maximum absolute atomic E-state index is 11.8. The van der Waals surface area contributed by atoms with Gasteiger partial charge in [0.15, 0.2) is 0 Å². The van der Waals surface area contributed by atoms with Gasteiger partial charge in [0.25, 0.3) is 0 Å². The van der Waals surface area contributed by atoms with Gasteiger partial charge in [-0.15, -0.1) is 0 Å². The van der Waals surface area contributed by atoms with Crippen molar-refractivity contribution in [2.45, 2.75) is 31.2 Å². The Labute approximate surface area is 96.9 Å². The average molecular weight is 242 g/mol. The number of aryl methyl sites for hydroxylation is 1. The Hall–Kier alpha value is -0.910. The van der Waals surface area contributed by atoms with Crippen molar-refractivity contribution in [3.05, 3.63) is 29.8 Å². The van der Waals surface area contributed by atoms with E-state index in [1.165, 1.54) is 0 Å². The van der Waals surface area contributed by atoms with Gasteiger partial charge in [-0.1, -0.05) is 17.7 Å². The SMILES string of the molecule is Cc1ccc(S(=O)(=O)NCC(C)(C)N)cc1. The predicted molar refractivity (Wildman–Crippen MR) is 64.6 cm³/mol. The number of sulfonamides is 1. The molecule has 0 amide bonds. The van der Waals surface area contributed by atoms with Crippen molar-refractivity contribution in [2.24, 2.45) is 5.73 Å². The highest BCUT2D eigenvalue weighted by atomic mass is 32.2. The summed E-state index contributed by atoms with van der Waals surface area (Å²) >= 11 is 0. The highest BCUT2D eigenvalue weighted by Crippen LogP contribution is 2.10. The number of benzene rings is 1. The summed E-state index contributed by atoms with van der Waals surface area (Å²) in [6.45, 7) is 5.66. The van der Waals surface area contributed by atoms with E-state index >= 15 is 0 Å². The molecule has 3 N–H and O–H groups in total. The molecule has 1 aromatic rings. The molecule has 16 heavy (non-hydrogen) atoms. The Morgan fingerprint density at radius 2 is 1.75 bits per heavy atom. The minimum absolute atomic E-state index is 0.212. The molecule has 0 aromatic heterocycles. The summed E-state index contributed by atoms with van der Waals surface area (Å²) in [7, 11) is -3.44. The first-order valence-electron chi connectivity index (χ1n) is 5.06. The van der Waals surface area contributed by atoms with Crippen LogP contribution in [-0.4, -0.2) is 20.5 Å². The van der Waals surface area contributed by atoms with Gasteiger partial charge < -0.3 is 5.73 Å². The predicted octanol–water partition coefficient (Wildman–Crippen LogP) is 1.01. The van der Waals surface area contributed by atoms with Crippen LogP contribution in [0.1, 0.15) is 19.4 Å². The van der Waals surface area contributed by atoms with E-state index in [0.29, 0.717) is 0 Å². The second-order valence-corrected chi connectivity index (χ2v) is 6.39. The Morgan fingerprint density at radius 1 is 1.25 bits per heavy atom. The molecule has 0 aliphatic carbocycles. The van der Waals surface area contributed by atoms with E-state index in [2.05, 4.69) is 4.72 Å². The quantitative estimate of drug-likeness (QED) is 0.827. The van der Waals surface area contributed by atoms with Gasteiger partial charge in [-0.25, -0.2) is 13.1 Å². The molecule has 0 spiro atoms. The summed E-state index contributed by atoms with van der Waals surface area (Å²) < 4.78 is 26.1. The minimum Gasteiger partial charge on any atom is -0.324 e. The fraction of sp³-hybridized carbons (Fsp3) is 0.455. The topological polar surface area (TPSA) is 72.2 Å². The number of hydrogen-bond donors (Lipinski definition) is 2. The van der Waals surface area contributed by atoms with E-state index in [9.17, 15) is 8.42 Å². The molecule has 5 heteroatoms. The number of rotatable bonds is 4. The second kappa shape index (κ2) is 4.53. The second-order valence-electron chi connectivity index (χ2n) is 4.63. The van der Waals surface area contributed by atoms with Crippen molar-refractivity contribution in [1.82, 2.24) is 4.72 Å². The van der Waals surface area contributed by atoms with E-state index < -0.39 is 15.6 Å². The lowest BCUT2D eigenvalue weighted by atomic mass is 10.1. The molecule has 0 radical (unpaired) electrons. The lowest BCUT2D eigenvalue weighted by Crippen LogP contribution is -2.45. The summed E-state index contributed by atoms with van der Waals surface area (Å²) in [5.74, 6) is 0. The first-order chi connectivity index (χ1) is 7.21. The van der Waals surface area contributed by atoms with Gasteiger partial charge in [0.05, 0.1) is 4.90 Å². The monoisotopic (exact) mass is 242 g/mol. The molecular weight excluding hydrogens is 224 g/mol. The van der Waals surface area contributed by atoms with E-state index in [1.54, 1.807) is 38.1 Å². The smallest absolute Gasteiger partial charge is 0.240 e. The third-order valence-corrected chi connectivity index (χ3v) is 3.47. The lowest BCUT2D eigenvalue weighted by molar-refractivity contribution is 0.498. The van der Waals surface area contributed by atoms with E-state index in [4.69, 9.17) is 5.73 Å². The van der Waals surface area contributed by atoms with Crippen LogP contribution in [0.5, 0.6) is 0 Å². The first kappa shape index (κ1) is 13.2. The highest BCUT2D eigenvalue weighted by Gasteiger charge is 2.18. The van der Waals surface area contributed by atoms with Crippen molar-refractivity contribution in [3.63, 3.8) is 0 Å². The molecule has 0 heterocycles. The molecule has 1 aromatic carbocycles. The van der Waals surface area contributed by atoms with Crippen LogP contribution in [0.2, 0.25) is 0 Å². The van der Waals surface area contributed by atoms with Gasteiger partial charge in [0, 0.05) is 12.1 Å². The van der Waals surface area contributed by atoms with Crippen molar-refractivity contribution >= 4 is 10.0 Å². The van der Waals surface area contributed by atoms with Crippen molar-refractivity contribution in [2.75, 3.05) is 6.54 Å². The molecule has 0 saturated carbocycles. The molecule has 0 bridgehead atoms. The molecule has 0 aliphatic rings. The standard InChI is InChI=1S/C11H18N2O2S/c1-9-4-6-10(7-5-9)16(14,15)13-8-11(2,3)12/h4-7,13H,8,12H2,1-3H3. The van der Waals surface area contributed by atoms with E-state index in [-0.39, 0.29) is 11.4 Å². The Balaban J connectivity index is 2.83. The first-order valence-corrected chi connectivity index (χ1v) is 6.54. The fourth-order valence-corrected chi connectivity index (χ4v) is 2.30. The maximum Gasteiger partial charge on any atom is 0.240 e. The molecule has 0 aliphatic heterocycles. The van der Waals surface area contributed by atoms with Crippen molar-refractivity contribution in [1.29, 1.82) is 0 Å². The van der Waals surface area contributed by atoms with Crippen molar-refractivity contribution in [3.8, 4) is 0 Å². The Bertz CT molecular complexity index is 444. The third kappa shape index (κ3) is 3.92. The highest BCUT2D eigenvalue weighted by molar-refractivity contribution is 7.89. The third-order valence-electron chi connectivity index (χ3n) is 2.05. The summed E-state index contributed by atoms with van der Waals surface area (Å²) in [4.78, 5) is 0.266. The Morgan fingerprint density at radius 3 is 2.19 bits per heavy atom. The zero-order valence-corrected chi connectivity index (χ0v) is 10.6. The number of nitrogens with two attached hydrogens (primary N) is 1. The molecule has 0 saturated heterocycles. The average Bonchev–Trinajstić information content (AvgIpc) is 2.15. The Kier molecular flexibility index (Phi) is 3.72. The lowest BCUT2D eigenvalue weighted by Gasteiger charge is -2.18. The molecule has 0 fully saturated rings. The van der Waals surface area contributed by atoms with Crippen LogP contribution in [0, 0.1) is 6.92 Å². The van der Waals surface area contributed by atoms with Crippen LogP contribution in [0.3, 0.4) is 0 Å². The van der Waals surface area contributed by atoms with Gasteiger partial charge in [-0.2, -0.15) is 0 Å². The van der Waals surface area contributed by atoms with Crippen LogP contribution in [-0.2, 0) is 10.0 Å². The zero-order valence-electron chi connectivity index (χ0n) is 9.82. The van der Waals surface area contributed by atoms with Crippen LogP contribution < -0.4 is 10.5 Å². The molecule has 1 rings (SSSR count). The summed E-state index contributed by atoms with van der Waals surface area (Å²) in [6, 6.07) is 6.70. The normalized spacial score (nSPS) is 12.8. The molecule has 0 unspecified atom stereocenters. The van der Waals surface area contributed by atoms with Crippen LogP contribution >= 0.6 is 0 Å². The van der Waals surface area contributed by atoms with Gasteiger partial charge in [-0.05, 0) is 32.9 Å². The van der Waals surface area contributed by atoms with Crippen LogP contribution in [0.15, 0.2) is 29.2 Å². The molecule has 0 atom stereocenters. The molecule has 4 nitrogen and oxygen atoms in total. The summed E-state index contributed by atoms with van der Waals surface area (Å²) in [5.41, 5.74) is 6.19. The van der Waals surface area contributed by atoms with Gasteiger partial charge in [-0.3, -0.25) is 0 Å². The van der Waals surface area contributed by atoms with Gasteiger partial charge in [0.1, 0.15) is 0 Å². The summed E-state index contributed by atoms with van der Waals surface area (Å²) in [6.07, 6.45) is 0. The van der Waals surface area contributed by atoms with Gasteiger partial charge in [0.2, 0.25) is 10.0 Å². The summed E-state index contributed by atoms with van der Waals surface area (Å²) in [5, 5.41) is 0. The molecule has 90 valence electrons. The number of nitrogens with one attached hydrogen (secondary N) is 1. The van der Waals surface area contributed by atoms with Crippen molar-refractivity contribution < 1.29 is 8.42 Å². The number of hydrogen-bond acceptors (Lipinski definition) is 3. The largest absolute Gasteiger partial charge is 0.324 e. The van der Waals surface area contributed by atoms with E-state index in [1.807, 2.05) is 6.92 Å².